The zero-order valence-corrected chi connectivity index (χ0v) is 14.4. The van der Waals surface area contributed by atoms with Crippen LogP contribution in [0.15, 0.2) is 0 Å². The van der Waals surface area contributed by atoms with E-state index in [1.807, 2.05) is 0 Å². The van der Waals surface area contributed by atoms with Gasteiger partial charge in [-0.1, -0.05) is 84.0 Å². The smallest absolute Gasteiger partial charge is 0.295 e. The molecule has 0 spiro atoms. The van der Waals surface area contributed by atoms with Gasteiger partial charge in [0.1, 0.15) is 0 Å². The number of hydrogen-bond donors (Lipinski definition) is 0. The highest BCUT2D eigenvalue weighted by atomic mass is 17.0. The van der Waals surface area contributed by atoms with Gasteiger partial charge in [0, 0.05) is 4.92 Å². The second kappa shape index (κ2) is 15.5. The number of hydrogen-bond acceptors (Lipinski definition) is 5. The van der Waals surface area contributed by atoms with E-state index in [0.717, 1.165) is 19.3 Å². The summed E-state index contributed by atoms with van der Waals surface area (Å²) in [5.74, 6) is 0. The minimum atomic E-state index is -0.936. The molecule has 1 atom stereocenters. The quantitative estimate of drug-likeness (QED) is 0.214. The molecule has 0 radical (unpaired) electrons. The number of nitrogens with zero attached hydrogens (tertiary/aromatic N) is 2. The van der Waals surface area contributed by atoms with Gasteiger partial charge in [0.2, 0.25) is 6.54 Å². The van der Waals surface area contributed by atoms with Crippen LogP contribution in [0.2, 0.25) is 0 Å². The summed E-state index contributed by atoms with van der Waals surface area (Å²) in [5, 5.41) is 19.7. The predicted molar refractivity (Wildman–Crippen MR) is 89.4 cm³/mol. The molecular weight excluding hydrogens is 300 g/mol. The largest absolute Gasteiger partial charge is 0.304 e. The molecule has 0 rings (SSSR count). The van der Waals surface area contributed by atoms with Crippen LogP contribution in [0.1, 0.15) is 90.4 Å². The van der Waals surface area contributed by atoms with Crippen LogP contribution in [0.3, 0.4) is 0 Å². The summed E-state index contributed by atoms with van der Waals surface area (Å²) in [5.41, 5.74) is 0. The van der Waals surface area contributed by atoms with E-state index in [1.54, 1.807) is 0 Å². The summed E-state index contributed by atoms with van der Waals surface area (Å²) in [7, 11) is 0. The Bertz CT molecular complexity index is 297. The minimum Gasteiger partial charge on any atom is -0.304 e. The van der Waals surface area contributed by atoms with Crippen LogP contribution in [0.25, 0.3) is 0 Å². The van der Waals surface area contributed by atoms with E-state index in [4.69, 9.17) is 0 Å². The third-order valence-electron chi connectivity index (χ3n) is 3.97. The van der Waals surface area contributed by atoms with Crippen molar-refractivity contribution in [2.75, 3.05) is 6.54 Å². The molecule has 0 heterocycles. The van der Waals surface area contributed by atoms with Crippen molar-refractivity contribution in [2.45, 2.75) is 96.5 Å². The predicted octanol–water partition coefficient (Wildman–Crippen LogP) is 4.93. The Hall–Kier alpha value is -1.40. The lowest BCUT2D eigenvalue weighted by molar-refractivity contribution is -0.774. The first-order valence-corrected chi connectivity index (χ1v) is 8.99. The lowest BCUT2D eigenvalue weighted by Gasteiger charge is -2.10. The highest BCUT2D eigenvalue weighted by Crippen LogP contribution is 2.13. The molecular formula is C16H32N2O5. The Morgan fingerprint density at radius 3 is 1.61 bits per heavy atom. The van der Waals surface area contributed by atoms with E-state index in [0.29, 0.717) is 6.42 Å². The molecule has 0 N–H and O–H groups in total. The molecule has 0 saturated heterocycles. The Morgan fingerprint density at radius 2 is 1.22 bits per heavy atom. The van der Waals surface area contributed by atoms with Crippen LogP contribution < -0.4 is 0 Å². The Morgan fingerprint density at radius 1 is 0.783 bits per heavy atom. The van der Waals surface area contributed by atoms with Gasteiger partial charge in [0.25, 0.3) is 5.09 Å². The molecule has 0 bridgehead atoms. The minimum absolute atomic E-state index is 0.374. The van der Waals surface area contributed by atoms with Crippen molar-refractivity contribution >= 4 is 0 Å². The fourth-order valence-corrected chi connectivity index (χ4v) is 2.68. The van der Waals surface area contributed by atoms with Crippen LogP contribution in [0.4, 0.5) is 0 Å². The molecule has 23 heavy (non-hydrogen) atoms. The maximum atomic E-state index is 10.4. The van der Waals surface area contributed by atoms with Crippen molar-refractivity contribution in [2.24, 2.45) is 0 Å². The summed E-state index contributed by atoms with van der Waals surface area (Å²) in [6.07, 6.45) is 13.9. The molecule has 0 aromatic carbocycles. The molecule has 0 aliphatic rings. The lowest BCUT2D eigenvalue weighted by atomic mass is 10.0. The van der Waals surface area contributed by atoms with Gasteiger partial charge in [-0.25, -0.2) is 0 Å². The van der Waals surface area contributed by atoms with E-state index in [-0.39, 0.29) is 0 Å². The maximum Gasteiger partial charge on any atom is 0.295 e. The fourth-order valence-electron chi connectivity index (χ4n) is 2.68. The van der Waals surface area contributed by atoms with Crippen molar-refractivity contribution in [1.82, 2.24) is 0 Å². The fraction of sp³-hybridized carbons (Fsp3) is 1.00. The van der Waals surface area contributed by atoms with Gasteiger partial charge < -0.3 is 4.84 Å². The van der Waals surface area contributed by atoms with Crippen molar-refractivity contribution in [3.63, 3.8) is 0 Å². The Kier molecular flexibility index (Phi) is 14.6. The molecule has 0 aliphatic heterocycles. The lowest BCUT2D eigenvalue weighted by Crippen LogP contribution is -2.25. The van der Waals surface area contributed by atoms with Gasteiger partial charge in [-0.2, -0.15) is 0 Å². The molecule has 0 saturated carbocycles. The third kappa shape index (κ3) is 16.8. The number of nitro groups is 1. The SMILES string of the molecule is CCCCCCCCCCCCCCC(C[N+](=O)[O-])O[N+](=O)[O-]. The second-order valence-electron chi connectivity index (χ2n) is 6.14. The summed E-state index contributed by atoms with van der Waals surface area (Å²) < 4.78 is 0. The van der Waals surface area contributed by atoms with E-state index in [9.17, 15) is 20.2 Å². The van der Waals surface area contributed by atoms with E-state index in [2.05, 4.69) is 11.8 Å². The van der Waals surface area contributed by atoms with Gasteiger partial charge in [0.05, 0.1) is 0 Å². The zero-order valence-electron chi connectivity index (χ0n) is 14.4. The van der Waals surface area contributed by atoms with Gasteiger partial charge >= 0.3 is 0 Å². The molecule has 0 fully saturated rings. The van der Waals surface area contributed by atoms with Crippen molar-refractivity contribution in [1.29, 1.82) is 0 Å². The summed E-state index contributed by atoms with van der Waals surface area (Å²) in [6, 6.07) is 0. The van der Waals surface area contributed by atoms with Crippen LogP contribution in [-0.2, 0) is 4.84 Å². The number of unbranched alkanes of at least 4 members (excludes halogenated alkanes) is 11. The number of rotatable bonds is 17. The van der Waals surface area contributed by atoms with Crippen LogP contribution in [0, 0.1) is 20.2 Å². The van der Waals surface area contributed by atoms with Crippen LogP contribution in [-0.4, -0.2) is 22.7 Å². The van der Waals surface area contributed by atoms with E-state index < -0.39 is 22.7 Å². The highest BCUT2D eigenvalue weighted by Gasteiger charge is 2.18. The first kappa shape index (κ1) is 21.6. The molecule has 0 amide bonds. The monoisotopic (exact) mass is 332 g/mol. The maximum absolute atomic E-state index is 10.4. The topological polar surface area (TPSA) is 95.5 Å². The van der Waals surface area contributed by atoms with E-state index in [1.165, 1.54) is 57.8 Å². The third-order valence-corrected chi connectivity index (χ3v) is 3.97. The van der Waals surface area contributed by atoms with Crippen molar-refractivity contribution in [3.8, 4) is 0 Å². The van der Waals surface area contributed by atoms with Crippen LogP contribution in [0.5, 0.6) is 0 Å². The molecule has 0 aromatic heterocycles. The normalized spacial score (nSPS) is 12.0. The first-order valence-electron chi connectivity index (χ1n) is 8.99. The van der Waals surface area contributed by atoms with Crippen LogP contribution >= 0.6 is 0 Å². The highest BCUT2D eigenvalue weighted by molar-refractivity contribution is 4.56. The Labute approximate surface area is 139 Å². The van der Waals surface area contributed by atoms with Gasteiger partial charge in [-0.15, -0.1) is 10.1 Å². The summed E-state index contributed by atoms with van der Waals surface area (Å²) in [6.45, 7) is 1.72. The molecule has 1 unspecified atom stereocenters. The first-order chi connectivity index (χ1) is 11.1. The standard InChI is InChI=1S/C16H32N2O5/c1-2-3-4-5-6-7-8-9-10-11-12-13-14-16(15-17(19)20)23-18(21)22/h16H,2-15H2,1H3. The molecule has 0 aromatic rings. The van der Waals surface area contributed by atoms with Crippen molar-refractivity contribution < 1.29 is 14.8 Å². The molecule has 0 aliphatic carbocycles. The average Bonchev–Trinajstić information content (AvgIpc) is 2.47. The second-order valence-corrected chi connectivity index (χ2v) is 6.14. The van der Waals surface area contributed by atoms with Gasteiger partial charge in [-0.3, -0.25) is 10.1 Å². The van der Waals surface area contributed by atoms with Gasteiger partial charge in [0.15, 0.2) is 6.10 Å². The van der Waals surface area contributed by atoms with Gasteiger partial charge in [-0.05, 0) is 6.42 Å². The summed E-state index contributed by atoms with van der Waals surface area (Å²) >= 11 is 0. The molecule has 7 heteroatoms. The summed E-state index contributed by atoms with van der Waals surface area (Å²) in [4.78, 5) is 24.5. The molecule has 136 valence electrons. The zero-order chi connectivity index (χ0) is 17.3. The van der Waals surface area contributed by atoms with E-state index >= 15 is 0 Å². The van der Waals surface area contributed by atoms with Crippen molar-refractivity contribution in [3.05, 3.63) is 20.2 Å². The average molecular weight is 332 g/mol. The molecule has 7 nitrogen and oxygen atoms in total. The Balaban J connectivity index is 3.42.